The molecule has 2 atom stereocenters. The van der Waals surface area contributed by atoms with Gasteiger partial charge in [-0.1, -0.05) is 51.9 Å². The summed E-state index contributed by atoms with van der Waals surface area (Å²) in [4.78, 5) is 0. The monoisotopic (exact) mass is 242 g/mol. The van der Waals surface area contributed by atoms with Crippen molar-refractivity contribution in [3.8, 4) is 0 Å². The van der Waals surface area contributed by atoms with E-state index in [0.717, 1.165) is 6.42 Å². The molecule has 0 aromatic heterocycles. The van der Waals surface area contributed by atoms with Crippen LogP contribution in [0, 0.1) is 0 Å². The van der Waals surface area contributed by atoms with Crippen LogP contribution in [0.15, 0.2) is 0 Å². The smallest absolute Gasteiger partial charge is 0.158 e. The second-order valence-corrected chi connectivity index (χ2v) is 5.38. The van der Waals surface area contributed by atoms with Crippen LogP contribution in [0.2, 0.25) is 0 Å². The van der Waals surface area contributed by atoms with E-state index in [0.29, 0.717) is 0 Å². The topological polar surface area (TPSA) is 18.5 Å². The number of ether oxygens (including phenoxy) is 2. The Kier molecular flexibility index (Phi) is 7.87. The highest BCUT2D eigenvalue weighted by molar-refractivity contribution is 4.69. The third-order valence-electron chi connectivity index (χ3n) is 3.69. The van der Waals surface area contributed by atoms with Gasteiger partial charge in [0.05, 0.1) is 12.2 Å². The van der Waals surface area contributed by atoms with E-state index >= 15 is 0 Å². The third-order valence-corrected chi connectivity index (χ3v) is 3.69. The molecule has 2 nitrogen and oxygen atoms in total. The van der Waals surface area contributed by atoms with Crippen molar-refractivity contribution in [1.82, 2.24) is 0 Å². The molecule has 102 valence electrons. The van der Waals surface area contributed by atoms with Crippen LogP contribution < -0.4 is 0 Å². The molecule has 1 aliphatic heterocycles. The van der Waals surface area contributed by atoms with Gasteiger partial charge in [-0.15, -0.1) is 0 Å². The molecule has 1 fully saturated rings. The van der Waals surface area contributed by atoms with Gasteiger partial charge in [0.1, 0.15) is 0 Å². The fourth-order valence-electron chi connectivity index (χ4n) is 2.31. The summed E-state index contributed by atoms with van der Waals surface area (Å²) in [6.07, 6.45) is 12.6. The summed E-state index contributed by atoms with van der Waals surface area (Å²) >= 11 is 0. The number of rotatable bonds is 9. The van der Waals surface area contributed by atoms with E-state index in [-0.39, 0.29) is 18.5 Å². The maximum absolute atomic E-state index is 5.71. The van der Waals surface area contributed by atoms with Gasteiger partial charge < -0.3 is 9.47 Å². The average molecular weight is 242 g/mol. The molecule has 0 N–H and O–H groups in total. The fraction of sp³-hybridized carbons (Fsp3) is 1.00. The molecular weight excluding hydrogens is 212 g/mol. The van der Waals surface area contributed by atoms with E-state index in [1.165, 1.54) is 51.4 Å². The normalized spacial score (nSPS) is 28.8. The molecule has 17 heavy (non-hydrogen) atoms. The highest BCUT2D eigenvalue weighted by atomic mass is 16.7. The minimum Gasteiger partial charge on any atom is -0.347 e. The first-order chi connectivity index (χ1) is 8.24. The molecule has 0 aromatic rings. The molecule has 1 rings (SSSR count). The molecule has 0 saturated carbocycles. The SMILES string of the molecule is CCCCCCCCCCC1OC(C)C(C)O1. The molecule has 0 spiro atoms. The van der Waals surface area contributed by atoms with Gasteiger partial charge in [-0.25, -0.2) is 0 Å². The summed E-state index contributed by atoms with van der Waals surface area (Å²) in [5.74, 6) is 0. The molecule has 1 aliphatic rings. The first kappa shape index (κ1) is 15.0. The van der Waals surface area contributed by atoms with Crippen molar-refractivity contribution >= 4 is 0 Å². The molecule has 0 aromatic carbocycles. The summed E-state index contributed by atoms with van der Waals surface area (Å²) in [7, 11) is 0. The van der Waals surface area contributed by atoms with Crippen LogP contribution in [-0.4, -0.2) is 18.5 Å². The van der Waals surface area contributed by atoms with Crippen LogP contribution in [-0.2, 0) is 9.47 Å². The van der Waals surface area contributed by atoms with Gasteiger partial charge in [-0.3, -0.25) is 0 Å². The van der Waals surface area contributed by atoms with Gasteiger partial charge in [0.25, 0.3) is 0 Å². The van der Waals surface area contributed by atoms with Crippen molar-refractivity contribution in [2.75, 3.05) is 0 Å². The Bertz CT molecular complexity index is 172. The Morgan fingerprint density at radius 3 is 1.71 bits per heavy atom. The zero-order valence-corrected chi connectivity index (χ0v) is 11.9. The second-order valence-electron chi connectivity index (χ2n) is 5.38. The standard InChI is InChI=1S/C15H30O2/c1-4-5-6-7-8-9-10-11-12-15-16-13(2)14(3)17-15/h13-15H,4-12H2,1-3H3. The summed E-state index contributed by atoms with van der Waals surface area (Å²) < 4.78 is 11.4. The van der Waals surface area contributed by atoms with Crippen molar-refractivity contribution in [3.63, 3.8) is 0 Å². The second kappa shape index (κ2) is 8.93. The number of hydrogen-bond donors (Lipinski definition) is 0. The van der Waals surface area contributed by atoms with Crippen LogP contribution in [0.1, 0.15) is 78.6 Å². The largest absolute Gasteiger partial charge is 0.347 e. The lowest BCUT2D eigenvalue weighted by molar-refractivity contribution is -0.0681. The van der Waals surface area contributed by atoms with E-state index in [1.807, 2.05) is 0 Å². The Morgan fingerprint density at radius 1 is 0.706 bits per heavy atom. The summed E-state index contributed by atoms with van der Waals surface area (Å²) in [6, 6.07) is 0. The third kappa shape index (κ3) is 6.42. The zero-order valence-electron chi connectivity index (χ0n) is 11.9. The molecule has 1 saturated heterocycles. The van der Waals surface area contributed by atoms with Crippen molar-refractivity contribution in [2.45, 2.75) is 97.1 Å². The number of hydrogen-bond acceptors (Lipinski definition) is 2. The van der Waals surface area contributed by atoms with Crippen LogP contribution in [0.3, 0.4) is 0 Å². The lowest BCUT2D eigenvalue weighted by atomic mass is 10.1. The molecule has 1 heterocycles. The Hall–Kier alpha value is -0.0800. The summed E-state index contributed by atoms with van der Waals surface area (Å²) in [5.41, 5.74) is 0. The van der Waals surface area contributed by atoms with E-state index in [9.17, 15) is 0 Å². The Morgan fingerprint density at radius 2 is 1.18 bits per heavy atom. The van der Waals surface area contributed by atoms with Crippen molar-refractivity contribution in [3.05, 3.63) is 0 Å². The van der Waals surface area contributed by atoms with E-state index in [1.54, 1.807) is 0 Å². The van der Waals surface area contributed by atoms with Crippen molar-refractivity contribution in [2.24, 2.45) is 0 Å². The van der Waals surface area contributed by atoms with Crippen LogP contribution in [0.25, 0.3) is 0 Å². The Labute approximate surface area is 107 Å². The minimum atomic E-state index is 0.0695. The lowest BCUT2D eigenvalue weighted by Crippen LogP contribution is -2.13. The molecule has 0 bridgehead atoms. The molecule has 0 aliphatic carbocycles. The highest BCUT2D eigenvalue weighted by Gasteiger charge is 2.28. The van der Waals surface area contributed by atoms with Crippen LogP contribution in [0.4, 0.5) is 0 Å². The van der Waals surface area contributed by atoms with Gasteiger partial charge in [-0.2, -0.15) is 0 Å². The average Bonchev–Trinajstić information content (AvgIpc) is 2.62. The summed E-state index contributed by atoms with van der Waals surface area (Å²) in [5, 5.41) is 0. The van der Waals surface area contributed by atoms with Gasteiger partial charge in [0.2, 0.25) is 0 Å². The Balaban J connectivity index is 1.85. The first-order valence-corrected chi connectivity index (χ1v) is 7.55. The highest BCUT2D eigenvalue weighted by Crippen LogP contribution is 2.22. The van der Waals surface area contributed by atoms with E-state index < -0.39 is 0 Å². The molecule has 2 unspecified atom stereocenters. The maximum atomic E-state index is 5.71. The zero-order chi connectivity index (χ0) is 12.5. The quantitative estimate of drug-likeness (QED) is 0.547. The lowest BCUT2D eigenvalue weighted by Gasteiger charge is -2.09. The van der Waals surface area contributed by atoms with Crippen molar-refractivity contribution in [1.29, 1.82) is 0 Å². The van der Waals surface area contributed by atoms with Gasteiger partial charge in [0.15, 0.2) is 6.29 Å². The minimum absolute atomic E-state index is 0.0695. The molecule has 0 radical (unpaired) electrons. The predicted octanol–water partition coefficient (Wildman–Crippen LogP) is 4.67. The first-order valence-electron chi connectivity index (χ1n) is 7.55. The predicted molar refractivity (Wildman–Crippen MR) is 72.1 cm³/mol. The number of unbranched alkanes of at least 4 members (excludes halogenated alkanes) is 7. The van der Waals surface area contributed by atoms with Crippen LogP contribution in [0.5, 0.6) is 0 Å². The van der Waals surface area contributed by atoms with Gasteiger partial charge >= 0.3 is 0 Å². The molecule has 0 amide bonds. The van der Waals surface area contributed by atoms with Gasteiger partial charge in [0, 0.05) is 0 Å². The summed E-state index contributed by atoms with van der Waals surface area (Å²) in [6.45, 7) is 6.46. The maximum Gasteiger partial charge on any atom is 0.158 e. The van der Waals surface area contributed by atoms with Gasteiger partial charge in [-0.05, 0) is 26.7 Å². The molecule has 2 heteroatoms. The fourth-order valence-corrected chi connectivity index (χ4v) is 2.31. The van der Waals surface area contributed by atoms with E-state index in [4.69, 9.17) is 9.47 Å². The van der Waals surface area contributed by atoms with E-state index in [2.05, 4.69) is 20.8 Å². The van der Waals surface area contributed by atoms with Crippen LogP contribution >= 0.6 is 0 Å². The van der Waals surface area contributed by atoms with Crippen molar-refractivity contribution < 1.29 is 9.47 Å². The molecular formula is C15H30O2.